The number of alkyl halides is 3. The number of rotatable bonds is 7. The maximum atomic E-state index is 12.4. The monoisotopic (exact) mass is 517 g/mol. The second kappa shape index (κ2) is 10.3. The van der Waals surface area contributed by atoms with E-state index in [1.54, 1.807) is 16.6 Å². The lowest BCUT2D eigenvalue weighted by Crippen LogP contribution is -2.39. The smallest absolute Gasteiger partial charge is 0.406 e. The van der Waals surface area contributed by atoms with E-state index in [0.29, 0.717) is 17.9 Å². The average molecular weight is 518 g/mol. The van der Waals surface area contributed by atoms with Crippen LogP contribution in [0, 0.1) is 6.92 Å². The minimum Gasteiger partial charge on any atom is -0.406 e. The Morgan fingerprint density at radius 2 is 1.83 bits per heavy atom. The van der Waals surface area contributed by atoms with Gasteiger partial charge in [0.1, 0.15) is 11.6 Å². The molecular formula is C23H22F3N7O2S. The van der Waals surface area contributed by atoms with Crippen LogP contribution in [-0.2, 0) is 6.54 Å². The number of aryl methyl sites for hydroxylation is 1. The van der Waals surface area contributed by atoms with E-state index >= 15 is 0 Å². The van der Waals surface area contributed by atoms with Gasteiger partial charge in [-0.2, -0.15) is 4.98 Å². The zero-order valence-electron chi connectivity index (χ0n) is 19.2. The van der Waals surface area contributed by atoms with Gasteiger partial charge in [0.25, 0.3) is 5.89 Å². The second-order valence-electron chi connectivity index (χ2n) is 8.05. The normalized spacial score (nSPS) is 14.8. The van der Waals surface area contributed by atoms with Crippen LogP contribution in [0.4, 0.5) is 13.2 Å². The number of ether oxygens (including phenoxy) is 1. The summed E-state index contributed by atoms with van der Waals surface area (Å²) in [5, 5.41) is 11.8. The van der Waals surface area contributed by atoms with E-state index in [0.717, 1.165) is 31.7 Å². The largest absolute Gasteiger partial charge is 0.573 e. The Morgan fingerprint density at radius 1 is 1.06 bits per heavy atom. The molecule has 0 spiro atoms. The standard InChI is InChI=1S/C23H22F3N7O2S/c1-15-28-21(22-29-20(31-35-22)17-5-7-18(8-6-17)34-23(24,25)26)30-33(15)14-16-3-2-4-19(13-16)36-32-11-9-27-10-12-32/h2-8,13,27H,9-12,14H2,1H3. The van der Waals surface area contributed by atoms with Crippen LogP contribution in [0.25, 0.3) is 23.1 Å². The molecule has 2 aromatic carbocycles. The molecule has 1 saturated heterocycles. The van der Waals surface area contributed by atoms with Crippen molar-refractivity contribution in [3.8, 4) is 28.9 Å². The number of hydrogen-bond donors (Lipinski definition) is 1. The number of piperazine rings is 1. The Bertz CT molecular complexity index is 1320. The Balaban J connectivity index is 1.27. The molecule has 0 radical (unpaired) electrons. The van der Waals surface area contributed by atoms with Crippen molar-refractivity contribution in [3.05, 3.63) is 59.9 Å². The summed E-state index contributed by atoms with van der Waals surface area (Å²) in [7, 11) is 0. The first kappa shape index (κ1) is 24.3. The summed E-state index contributed by atoms with van der Waals surface area (Å²) < 4.78 is 50.4. The van der Waals surface area contributed by atoms with Crippen LogP contribution >= 0.6 is 11.9 Å². The van der Waals surface area contributed by atoms with Crippen LogP contribution in [0.15, 0.2) is 57.9 Å². The van der Waals surface area contributed by atoms with E-state index in [4.69, 9.17) is 4.52 Å². The molecule has 0 bridgehead atoms. The van der Waals surface area contributed by atoms with Crippen molar-refractivity contribution >= 4 is 11.9 Å². The summed E-state index contributed by atoms with van der Waals surface area (Å²) in [4.78, 5) is 9.91. The van der Waals surface area contributed by atoms with Crippen molar-refractivity contribution < 1.29 is 22.4 Å². The van der Waals surface area contributed by atoms with Crippen molar-refractivity contribution in [1.82, 2.24) is 34.5 Å². The maximum absolute atomic E-state index is 12.4. The lowest BCUT2D eigenvalue weighted by Gasteiger charge is -2.25. The van der Waals surface area contributed by atoms with Gasteiger partial charge in [-0.15, -0.1) is 18.3 Å². The molecule has 3 heterocycles. The van der Waals surface area contributed by atoms with E-state index in [9.17, 15) is 13.2 Å². The molecule has 1 fully saturated rings. The third kappa shape index (κ3) is 6.04. The highest BCUT2D eigenvalue weighted by Crippen LogP contribution is 2.27. The van der Waals surface area contributed by atoms with Gasteiger partial charge in [0, 0.05) is 36.6 Å². The summed E-state index contributed by atoms with van der Waals surface area (Å²) in [6, 6.07) is 13.5. The molecule has 9 nitrogen and oxygen atoms in total. The third-order valence-electron chi connectivity index (χ3n) is 5.36. The molecule has 2 aromatic heterocycles. The van der Waals surface area contributed by atoms with Crippen LogP contribution in [-0.4, -0.2) is 61.8 Å². The van der Waals surface area contributed by atoms with Crippen LogP contribution in [0.5, 0.6) is 5.75 Å². The summed E-state index contributed by atoms with van der Waals surface area (Å²) in [6.45, 7) is 6.34. The Hall–Kier alpha value is -3.42. The van der Waals surface area contributed by atoms with Gasteiger partial charge < -0.3 is 14.6 Å². The van der Waals surface area contributed by atoms with Gasteiger partial charge in [-0.25, -0.2) is 14.0 Å². The van der Waals surface area contributed by atoms with Gasteiger partial charge in [-0.1, -0.05) is 17.3 Å². The molecule has 1 aliphatic heterocycles. The van der Waals surface area contributed by atoms with Crippen molar-refractivity contribution in [2.24, 2.45) is 0 Å². The number of benzene rings is 2. The molecule has 0 unspecified atom stereocenters. The van der Waals surface area contributed by atoms with Gasteiger partial charge in [0.05, 0.1) is 6.54 Å². The summed E-state index contributed by atoms with van der Waals surface area (Å²) in [5.74, 6) is 0.940. The number of nitrogens with one attached hydrogen (secondary N) is 1. The van der Waals surface area contributed by atoms with Gasteiger partial charge in [-0.05, 0) is 60.8 Å². The molecule has 5 rings (SSSR count). The van der Waals surface area contributed by atoms with E-state index in [2.05, 4.69) is 46.7 Å². The highest BCUT2D eigenvalue weighted by molar-refractivity contribution is 7.97. The first-order valence-corrected chi connectivity index (χ1v) is 11.9. The van der Waals surface area contributed by atoms with Crippen molar-refractivity contribution in [1.29, 1.82) is 0 Å². The van der Waals surface area contributed by atoms with E-state index < -0.39 is 6.36 Å². The molecular weight excluding hydrogens is 495 g/mol. The fourth-order valence-electron chi connectivity index (χ4n) is 3.66. The average Bonchev–Trinajstić information content (AvgIpc) is 3.47. The minimum atomic E-state index is -4.76. The molecule has 36 heavy (non-hydrogen) atoms. The van der Waals surface area contributed by atoms with E-state index in [1.807, 2.05) is 19.1 Å². The van der Waals surface area contributed by atoms with E-state index in [1.165, 1.54) is 29.2 Å². The Kier molecular flexibility index (Phi) is 6.94. The zero-order chi connectivity index (χ0) is 25.1. The van der Waals surface area contributed by atoms with Crippen LogP contribution < -0.4 is 10.1 Å². The first-order chi connectivity index (χ1) is 17.3. The lowest BCUT2D eigenvalue weighted by atomic mass is 10.2. The first-order valence-electron chi connectivity index (χ1n) is 11.2. The van der Waals surface area contributed by atoms with Gasteiger partial charge in [0.15, 0.2) is 0 Å². The third-order valence-corrected chi connectivity index (χ3v) is 6.45. The summed E-state index contributed by atoms with van der Waals surface area (Å²) in [5.41, 5.74) is 1.55. The zero-order valence-corrected chi connectivity index (χ0v) is 20.0. The van der Waals surface area contributed by atoms with Crippen molar-refractivity contribution in [2.45, 2.75) is 24.7 Å². The quantitative estimate of drug-likeness (QED) is 0.363. The van der Waals surface area contributed by atoms with Crippen LogP contribution in [0.1, 0.15) is 11.4 Å². The predicted molar refractivity (Wildman–Crippen MR) is 126 cm³/mol. The molecule has 0 amide bonds. The molecule has 188 valence electrons. The SMILES string of the molecule is Cc1nc(-c2nc(-c3ccc(OC(F)(F)F)cc3)no2)nn1Cc1cccc(SN2CCNCC2)c1. The minimum absolute atomic E-state index is 0.116. The van der Waals surface area contributed by atoms with Crippen LogP contribution in [0.3, 0.4) is 0 Å². The highest BCUT2D eigenvalue weighted by Gasteiger charge is 2.31. The summed E-state index contributed by atoms with van der Waals surface area (Å²) >= 11 is 1.75. The van der Waals surface area contributed by atoms with Gasteiger partial charge >= 0.3 is 6.36 Å². The number of aromatic nitrogens is 5. The Morgan fingerprint density at radius 3 is 2.58 bits per heavy atom. The predicted octanol–water partition coefficient (Wildman–Crippen LogP) is 4.16. The van der Waals surface area contributed by atoms with E-state index in [-0.39, 0.29) is 23.3 Å². The molecule has 0 aliphatic carbocycles. The molecule has 4 aromatic rings. The molecule has 0 saturated carbocycles. The second-order valence-corrected chi connectivity index (χ2v) is 9.22. The molecule has 13 heteroatoms. The maximum Gasteiger partial charge on any atom is 0.573 e. The molecule has 0 atom stereocenters. The fraction of sp³-hybridized carbons (Fsp3) is 0.304. The lowest BCUT2D eigenvalue weighted by molar-refractivity contribution is -0.274. The van der Waals surface area contributed by atoms with Gasteiger partial charge in [-0.3, -0.25) is 0 Å². The van der Waals surface area contributed by atoms with Crippen molar-refractivity contribution in [2.75, 3.05) is 26.2 Å². The number of halogens is 3. The highest BCUT2D eigenvalue weighted by atomic mass is 32.2. The molecule has 1 N–H and O–H groups in total. The summed E-state index contributed by atoms with van der Waals surface area (Å²) in [6.07, 6.45) is -4.76. The topological polar surface area (TPSA) is 94.1 Å². The fourth-order valence-corrected chi connectivity index (χ4v) is 4.66. The Labute approximate surface area is 208 Å². The van der Waals surface area contributed by atoms with Crippen LogP contribution in [0.2, 0.25) is 0 Å². The molecule has 1 aliphatic rings. The van der Waals surface area contributed by atoms with Gasteiger partial charge in [0.2, 0.25) is 11.6 Å². The number of nitrogens with zero attached hydrogens (tertiary/aromatic N) is 6. The van der Waals surface area contributed by atoms with Crippen molar-refractivity contribution in [3.63, 3.8) is 0 Å². The number of hydrogen-bond acceptors (Lipinski definition) is 9.